The van der Waals surface area contributed by atoms with E-state index in [2.05, 4.69) is 11.8 Å². The van der Waals surface area contributed by atoms with Crippen molar-refractivity contribution in [3.05, 3.63) is 0 Å². The molecule has 1 saturated heterocycles. The quantitative estimate of drug-likeness (QED) is 0.680. The Bertz CT molecular complexity index is 170. The first-order valence-electron chi connectivity index (χ1n) is 5.79. The Morgan fingerprint density at radius 1 is 1.21 bits per heavy atom. The Hall–Kier alpha value is -0.120. The van der Waals surface area contributed by atoms with Crippen molar-refractivity contribution in [1.82, 2.24) is 4.90 Å². The van der Waals surface area contributed by atoms with Crippen LogP contribution in [0.3, 0.4) is 0 Å². The van der Waals surface area contributed by atoms with Crippen molar-refractivity contribution in [2.75, 3.05) is 26.3 Å². The first-order chi connectivity index (χ1) is 6.79. The maximum atomic E-state index is 10.0. The van der Waals surface area contributed by atoms with E-state index in [0.717, 1.165) is 32.7 Å². The normalized spacial score (nSPS) is 41.1. The number of ether oxygens (including phenoxy) is 1. The number of hydrogen-bond donors (Lipinski definition) is 1. The Morgan fingerprint density at radius 3 is 2.57 bits per heavy atom. The van der Waals surface area contributed by atoms with Crippen LogP contribution >= 0.6 is 0 Å². The van der Waals surface area contributed by atoms with Gasteiger partial charge in [-0.1, -0.05) is 13.3 Å². The minimum absolute atomic E-state index is 0.114. The van der Waals surface area contributed by atoms with E-state index in [1.54, 1.807) is 0 Å². The van der Waals surface area contributed by atoms with Gasteiger partial charge in [0.2, 0.25) is 0 Å². The average Bonchev–Trinajstić information content (AvgIpc) is 2.19. The van der Waals surface area contributed by atoms with Crippen molar-refractivity contribution in [2.24, 2.45) is 5.92 Å². The number of nitrogens with zero attached hydrogens (tertiary/aromatic N) is 1. The van der Waals surface area contributed by atoms with Crippen molar-refractivity contribution in [3.63, 3.8) is 0 Å². The lowest BCUT2D eigenvalue weighted by Gasteiger charge is -2.43. The fourth-order valence-electron chi connectivity index (χ4n) is 2.85. The zero-order valence-electron chi connectivity index (χ0n) is 8.98. The van der Waals surface area contributed by atoms with Gasteiger partial charge in [-0.2, -0.15) is 0 Å². The predicted molar refractivity (Wildman–Crippen MR) is 55.2 cm³/mol. The van der Waals surface area contributed by atoms with E-state index >= 15 is 0 Å². The summed E-state index contributed by atoms with van der Waals surface area (Å²) in [5.74, 6) is 0.636. The molecule has 0 radical (unpaired) electrons. The van der Waals surface area contributed by atoms with Crippen LogP contribution in [0.2, 0.25) is 0 Å². The van der Waals surface area contributed by atoms with Gasteiger partial charge in [-0.05, 0) is 18.8 Å². The van der Waals surface area contributed by atoms with Crippen LogP contribution in [0.5, 0.6) is 0 Å². The van der Waals surface area contributed by atoms with Gasteiger partial charge >= 0.3 is 0 Å². The molecule has 1 aliphatic heterocycles. The maximum Gasteiger partial charge on any atom is 0.0698 e. The van der Waals surface area contributed by atoms with Gasteiger partial charge in [0.25, 0.3) is 0 Å². The lowest BCUT2D eigenvalue weighted by molar-refractivity contribution is -0.0542. The second-order valence-corrected chi connectivity index (χ2v) is 4.61. The molecule has 3 atom stereocenters. The summed E-state index contributed by atoms with van der Waals surface area (Å²) in [5, 5.41) is 10.0. The Kier molecular flexibility index (Phi) is 3.42. The minimum atomic E-state index is -0.114. The Labute approximate surface area is 86.0 Å². The Morgan fingerprint density at radius 2 is 1.93 bits per heavy atom. The van der Waals surface area contributed by atoms with Crippen molar-refractivity contribution in [2.45, 2.75) is 38.3 Å². The summed E-state index contributed by atoms with van der Waals surface area (Å²) < 4.78 is 5.34. The van der Waals surface area contributed by atoms with Crippen LogP contribution in [0.1, 0.15) is 26.2 Å². The van der Waals surface area contributed by atoms with E-state index in [4.69, 9.17) is 4.74 Å². The molecule has 1 aliphatic carbocycles. The number of aliphatic hydroxyl groups is 1. The lowest BCUT2D eigenvalue weighted by atomic mass is 9.82. The molecule has 0 aromatic heterocycles. The third-order valence-electron chi connectivity index (χ3n) is 3.60. The van der Waals surface area contributed by atoms with Crippen LogP contribution in [0.15, 0.2) is 0 Å². The van der Waals surface area contributed by atoms with E-state index in [1.165, 1.54) is 12.8 Å². The third kappa shape index (κ3) is 2.10. The molecule has 1 N–H and O–H groups in total. The third-order valence-corrected chi connectivity index (χ3v) is 3.60. The van der Waals surface area contributed by atoms with Crippen LogP contribution in [-0.2, 0) is 4.74 Å². The predicted octanol–water partition coefficient (Wildman–Crippen LogP) is 0.868. The fourth-order valence-corrected chi connectivity index (χ4v) is 2.85. The molecule has 0 bridgehead atoms. The first kappa shape index (κ1) is 10.4. The number of hydrogen-bond acceptors (Lipinski definition) is 3. The second-order valence-electron chi connectivity index (χ2n) is 4.61. The number of morpholine rings is 1. The first-order valence-corrected chi connectivity index (χ1v) is 5.79. The van der Waals surface area contributed by atoms with Gasteiger partial charge in [-0.15, -0.1) is 0 Å². The van der Waals surface area contributed by atoms with E-state index in [0.29, 0.717) is 12.0 Å². The van der Waals surface area contributed by atoms with Crippen LogP contribution in [0.25, 0.3) is 0 Å². The molecule has 3 nitrogen and oxygen atoms in total. The van der Waals surface area contributed by atoms with Gasteiger partial charge in [-0.25, -0.2) is 0 Å². The van der Waals surface area contributed by atoms with Crippen LogP contribution in [0, 0.1) is 5.92 Å². The summed E-state index contributed by atoms with van der Waals surface area (Å²) in [6, 6.07) is 0.382. The monoisotopic (exact) mass is 199 g/mol. The highest BCUT2D eigenvalue weighted by Crippen LogP contribution is 2.28. The summed E-state index contributed by atoms with van der Waals surface area (Å²) in [6.45, 7) is 5.91. The highest BCUT2D eigenvalue weighted by Gasteiger charge is 2.34. The number of aliphatic hydroxyl groups excluding tert-OH is 1. The van der Waals surface area contributed by atoms with E-state index in [-0.39, 0.29) is 6.10 Å². The molecule has 82 valence electrons. The SMILES string of the molecule is C[C@@H]1CCC[C@H](O)[C@H]1N1CCOCC1. The van der Waals surface area contributed by atoms with Gasteiger partial charge in [0, 0.05) is 19.1 Å². The zero-order chi connectivity index (χ0) is 9.97. The van der Waals surface area contributed by atoms with E-state index < -0.39 is 0 Å². The largest absolute Gasteiger partial charge is 0.391 e. The van der Waals surface area contributed by atoms with E-state index in [1.807, 2.05) is 0 Å². The second kappa shape index (κ2) is 4.60. The lowest BCUT2D eigenvalue weighted by Crippen LogP contribution is -2.53. The van der Waals surface area contributed by atoms with Gasteiger partial charge in [0.15, 0.2) is 0 Å². The fraction of sp³-hybridized carbons (Fsp3) is 1.00. The molecular formula is C11H21NO2. The molecule has 2 rings (SSSR count). The molecule has 1 saturated carbocycles. The van der Waals surface area contributed by atoms with Crippen molar-refractivity contribution >= 4 is 0 Å². The van der Waals surface area contributed by atoms with Crippen LogP contribution in [0.4, 0.5) is 0 Å². The molecule has 2 fully saturated rings. The highest BCUT2D eigenvalue weighted by atomic mass is 16.5. The van der Waals surface area contributed by atoms with Crippen molar-refractivity contribution in [3.8, 4) is 0 Å². The molecular weight excluding hydrogens is 178 g/mol. The van der Waals surface area contributed by atoms with Gasteiger partial charge in [0.05, 0.1) is 19.3 Å². The van der Waals surface area contributed by atoms with Crippen molar-refractivity contribution < 1.29 is 9.84 Å². The van der Waals surface area contributed by atoms with Crippen LogP contribution in [-0.4, -0.2) is 48.5 Å². The smallest absolute Gasteiger partial charge is 0.0698 e. The van der Waals surface area contributed by atoms with Crippen LogP contribution < -0.4 is 0 Å². The summed E-state index contributed by atoms with van der Waals surface area (Å²) in [5.41, 5.74) is 0. The molecule has 2 aliphatic rings. The topological polar surface area (TPSA) is 32.7 Å². The minimum Gasteiger partial charge on any atom is -0.391 e. The molecule has 0 amide bonds. The highest BCUT2D eigenvalue weighted by molar-refractivity contribution is 4.88. The molecule has 1 heterocycles. The van der Waals surface area contributed by atoms with E-state index in [9.17, 15) is 5.11 Å². The average molecular weight is 199 g/mol. The number of rotatable bonds is 1. The van der Waals surface area contributed by atoms with Gasteiger partial charge in [0.1, 0.15) is 0 Å². The summed E-state index contributed by atoms with van der Waals surface area (Å²) in [4.78, 5) is 2.41. The molecule has 14 heavy (non-hydrogen) atoms. The molecule has 0 spiro atoms. The van der Waals surface area contributed by atoms with Gasteiger partial charge in [-0.3, -0.25) is 4.90 Å². The molecule has 3 heteroatoms. The summed E-state index contributed by atoms with van der Waals surface area (Å²) >= 11 is 0. The molecule has 0 aromatic carbocycles. The standard InChI is InChI=1S/C11H21NO2/c1-9-3-2-4-10(13)11(9)12-5-7-14-8-6-12/h9-11,13H,2-8H2,1H3/t9-,10+,11+/m1/s1. The summed E-state index contributed by atoms with van der Waals surface area (Å²) in [6.07, 6.45) is 3.31. The summed E-state index contributed by atoms with van der Waals surface area (Å²) in [7, 11) is 0. The molecule has 0 unspecified atom stereocenters. The zero-order valence-corrected chi connectivity index (χ0v) is 8.98. The van der Waals surface area contributed by atoms with Gasteiger partial charge < -0.3 is 9.84 Å². The van der Waals surface area contributed by atoms with Crippen molar-refractivity contribution in [1.29, 1.82) is 0 Å². The maximum absolute atomic E-state index is 10.0. The molecule has 0 aromatic rings. The Balaban J connectivity index is 1.97.